The van der Waals surface area contributed by atoms with Gasteiger partial charge in [-0.2, -0.15) is 0 Å². The molecule has 0 radical (unpaired) electrons. The van der Waals surface area contributed by atoms with E-state index in [1.165, 1.54) is 218 Å². The van der Waals surface area contributed by atoms with Gasteiger partial charge >= 0.3 is 0 Å². The van der Waals surface area contributed by atoms with Crippen molar-refractivity contribution in [3.63, 3.8) is 0 Å². The molecule has 0 aromatic carbocycles. The SMILES string of the molecule is CCCCCCCCCCC/C=C\C/C=C\CCCCCCCCCCC(O)C(=O)NC(CO)C(O)/C=C/CCCCCCCCCCCCCCCCCCCCC. The average Bonchev–Trinajstić information content (AvgIpc) is 3.24. The fourth-order valence-electron chi connectivity index (χ4n) is 8.10. The van der Waals surface area contributed by atoms with Gasteiger partial charge in [-0.1, -0.05) is 262 Å². The van der Waals surface area contributed by atoms with Gasteiger partial charge in [0.25, 0.3) is 0 Å². The van der Waals surface area contributed by atoms with E-state index in [0.29, 0.717) is 6.42 Å². The smallest absolute Gasteiger partial charge is 0.249 e. The first-order chi connectivity index (χ1) is 29.1. The highest BCUT2D eigenvalue weighted by molar-refractivity contribution is 5.80. The largest absolute Gasteiger partial charge is 0.394 e. The van der Waals surface area contributed by atoms with Crippen molar-refractivity contribution in [1.82, 2.24) is 5.32 Å². The number of aliphatic hydroxyl groups is 3. The molecular weight excluding hydrogens is 727 g/mol. The van der Waals surface area contributed by atoms with Gasteiger partial charge in [-0.05, 0) is 51.4 Å². The molecule has 0 aliphatic carbocycles. The molecule has 0 spiro atoms. The summed E-state index contributed by atoms with van der Waals surface area (Å²) in [5.74, 6) is -0.505. The predicted octanol–water partition coefficient (Wildman–Crippen LogP) is 15.9. The fraction of sp³-hybridized carbons (Fsp3) is 0.870. The van der Waals surface area contributed by atoms with Crippen LogP contribution in [0.5, 0.6) is 0 Å². The minimum atomic E-state index is -1.10. The molecule has 0 fully saturated rings. The number of amides is 1. The molecule has 4 N–H and O–H groups in total. The van der Waals surface area contributed by atoms with Gasteiger partial charge in [0.05, 0.1) is 18.8 Å². The molecule has 59 heavy (non-hydrogen) atoms. The van der Waals surface area contributed by atoms with Crippen LogP contribution in [0, 0.1) is 0 Å². The zero-order chi connectivity index (χ0) is 43.0. The van der Waals surface area contributed by atoms with Gasteiger partial charge in [-0.15, -0.1) is 0 Å². The summed E-state index contributed by atoms with van der Waals surface area (Å²) in [6, 6.07) is -0.801. The van der Waals surface area contributed by atoms with Crippen LogP contribution in [-0.2, 0) is 4.79 Å². The van der Waals surface area contributed by atoms with Crippen LogP contribution in [0.4, 0.5) is 0 Å². The zero-order valence-electron chi connectivity index (χ0n) is 39.6. The Morgan fingerprint density at radius 3 is 1.07 bits per heavy atom. The van der Waals surface area contributed by atoms with E-state index in [0.717, 1.165) is 38.5 Å². The maximum absolute atomic E-state index is 12.5. The Kier molecular flexibility index (Phi) is 48.0. The summed E-state index contributed by atoms with van der Waals surface area (Å²) in [5, 5.41) is 33.3. The van der Waals surface area contributed by atoms with Crippen LogP contribution in [0.15, 0.2) is 36.5 Å². The standard InChI is InChI=1S/C54H103NO4/c1-3-5-7-9-11-13-15-17-19-21-23-25-26-27-29-31-33-35-37-39-41-43-45-47-49-53(58)54(59)55-51(50-56)52(57)48-46-44-42-40-38-36-34-32-30-28-24-22-20-18-16-14-12-10-8-6-4-2/h23,25,27,29,46,48,51-53,56-58H,3-22,24,26,28,30-45,47,49-50H2,1-2H3,(H,55,59)/b25-23-,29-27-,48-46+. The average molecular weight is 830 g/mol. The van der Waals surface area contributed by atoms with Gasteiger partial charge in [0.1, 0.15) is 6.10 Å². The first-order valence-corrected chi connectivity index (χ1v) is 26.3. The van der Waals surface area contributed by atoms with E-state index in [1.54, 1.807) is 6.08 Å². The molecule has 0 aromatic rings. The molecule has 1 amide bonds. The van der Waals surface area contributed by atoms with Gasteiger partial charge in [-0.25, -0.2) is 0 Å². The highest BCUT2D eigenvalue weighted by Gasteiger charge is 2.22. The molecule has 5 heteroatoms. The summed E-state index contributed by atoms with van der Waals surface area (Å²) in [5.41, 5.74) is 0. The summed E-state index contributed by atoms with van der Waals surface area (Å²) in [6.07, 6.45) is 63.4. The van der Waals surface area contributed by atoms with E-state index in [2.05, 4.69) is 43.5 Å². The molecule has 0 aliphatic heterocycles. The lowest BCUT2D eigenvalue weighted by atomic mass is 10.0. The van der Waals surface area contributed by atoms with E-state index in [1.807, 2.05) is 6.08 Å². The van der Waals surface area contributed by atoms with Crippen molar-refractivity contribution in [1.29, 1.82) is 0 Å². The maximum atomic E-state index is 12.5. The Morgan fingerprint density at radius 1 is 0.424 bits per heavy atom. The molecule has 0 bridgehead atoms. The molecule has 348 valence electrons. The van der Waals surface area contributed by atoms with Crippen molar-refractivity contribution in [2.24, 2.45) is 0 Å². The van der Waals surface area contributed by atoms with E-state index in [-0.39, 0.29) is 6.61 Å². The van der Waals surface area contributed by atoms with Gasteiger partial charge < -0.3 is 20.6 Å². The lowest BCUT2D eigenvalue weighted by molar-refractivity contribution is -0.131. The number of hydrogen-bond acceptors (Lipinski definition) is 4. The van der Waals surface area contributed by atoms with Crippen molar-refractivity contribution in [3.8, 4) is 0 Å². The molecule has 0 saturated carbocycles. The Labute approximate surface area is 368 Å². The van der Waals surface area contributed by atoms with E-state index in [4.69, 9.17) is 0 Å². The van der Waals surface area contributed by atoms with Crippen molar-refractivity contribution >= 4 is 5.91 Å². The summed E-state index contributed by atoms with van der Waals surface area (Å²) < 4.78 is 0. The lowest BCUT2D eigenvalue weighted by Gasteiger charge is -2.21. The van der Waals surface area contributed by atoms with Crippen LogP contribution in [0.1, 0.15) is 277 Å². The second-order valence-corrected chi connectivity index (χ2v) is 18.1. The molecule has 0 aromatic heterocycles. The Bertz CT molecular complexity index is 916. The summed E-state index contributed by atoms with van der Waals surface area (Å²) in [7, 11) is 0. The number of allylic oxidation sites excluding steroid dienone is 5. The minimum absolute atomic E-state index is 0.365. The second-order valence-electron chi connectivity index (χ2n) is 18.1. The molecule has 5 nitrogen and oxygen atoms in total. The number of nitrogens with one attached hydrogen (secondary N) is 1. The van der Waals surface area contributed by atoms with Gasteiger partial charge in [0.2, 0.25) is 5.91 Å². The lowest BCUT2D eigenvalue weighted by Crippen LogP contribution is -2.48. The number of unbranched alkanes of at least 4 members (excludes halogenated alkanes) is 36. The number of rotatable bonds is 48. The first kappa shape index (κ1) is 57.6. The molecule has 0 heterocycles. The molecular formula is C54H103NO4. The fourth-order valence-corrected chi connectivity index (χ4v) is 8.10. The third-order valence-corrected chi connectivity index (χ3v) is 12.2. The van der Waals surface area contributed by atoms with Crippen LogP contribution in [0.25, 0.3) is 0 Å². The van der Waals surface area contributed by atoms with Crippen molar-refractivity contribution in [2.45, 2.75) is 295 Å². The molecule has 0 rings (SSSR count). The quantitative estimate of drug-likeness (QED) is 0.0363. The predicted molar refractivity (Wildman–Crippen MR) is 259 cm³/mol. The van der Waals surface area contributed by atoms with Crippen LogP contribution in [-0.4, -0.2) is 46.1 Å². The highest BCUT2D eigenvalue weighted by Crippen LogP contribution is 2.16. The molecule has 0 aliphatic rings. The molecule has 0 saturated heterocycles. The molecule has 3 atom stereocenters. The second kappa shape index (κ2) is 49.2. The Hall–Kier alpha value is -1.43. The van der Waals surface area contributed by atoms with E-state index in [9.17, 15) is 20.1 Å². The highest BCUT2D eigenvalue weighted by atomic mass is 16.3. The van der Waals surface area contributed by atoms with Gasteiger partial charge in [-0.3, -0.25) is 4.79 Å². The topological polar surface area (TPSA) is 89.8 Å². The van der Waals surface area contributed by atoms with Crippen LogP contribution >= 0.6 is 0 Å². The zero-order valence-corrected chi connectivity index (χ0v) is 39.6. The third-order valence-electron chi connectivity index (χ3n) is 12.2. The Balaban J connectivity index is 3.62. The van der Waals surface area contributed by atoms with Gasteiger partial charge in [0.15, 0.2) is 0 Å². The maximum Gasteiger partial charge on any atom is 0.249 e. The number of hydrogen-bond donors (Lipinski definition) is 4. The Morgan fingerprint density at radius 2 is 0.729 bits per heavy atom. The monoisotopic (exact) mass is 830 g/mol. The van der Waals surface area contributed by atoms with E-state index < -0.39 is 24.2 Å². The minimum Gasteiger partial charge on any atom is -0.394 e. The van der Waals surface area contributed by atoms with Crippen LogP contribution in [0.2, 0.25) is 0 Å². The number of aliphatic hydroxyl groups excluding tert-OH is 3. The van der Waals surface area contributed by atoms with Crippen LogP contribution in [0.3, 0.4) is 0 Å². The van der Waals surface area contributed by atoms with Crippen molar-refractivity contribution < 1.29 is 20.1 Å². The van der Waals surface area contributed by atoms with E-state index >= 15 is 0 Å². The molecule has 3 unspecified atom stereocenters. The van der Waals surface area contributed by atoms with Gasteiger partial charge in [0, 0.05) is 0 Å². The summed E-state index contributed by atoms with van der Waals surface area (Å²) >= 11 is 0. The third kappa shape index (κ3) is 44.4. The van der Waals surface area contributed by atoms with Crippen molar-refractivity contribution in [3.05, 3.63) is 36.5 Å². The number of carbonyl (C=O) groups is 1. The normalized spacial score (nSPS) is 13.6. The summed E-state index contributed by atoms with van der Waals surface area (Å²) in [6.45, 7) is 4.20. The summed E-state index contributed by atoms with van der Waals surface area (Å²) in [4.78, 5) is 12.5. The van der Waals surface area contributed by atoms with Crippen LogP contribution < -0.4 is 5.32 Å². The van der Waals surface area contributed by atoms with Crippen molar-refractivity contribution in [2.75, 3.05) is 6.61 Å². The first-order valence-electron chi connectivity index (χ1n) is 26.3. The number of carbonyl (C=O) groups excluding carboxylic acids is 1.